The molecule has 1 aromatic carbocycles. The van der Waals surface area contributed by atoms with Crippen molar-refractivity contribution < 1.29 is 17.6 Å². The second-order valence-electron chi connectivity index (χ2n) is 5.23. The van der Waals surface area contributed by atoms with E-state index in [1.165, 1.54) is 6.07 Å². The molecule has 1 aromatic rings. The van der Waals surface area contributed by atoms with Crippen molar-refractivity contribution in [3.8, 4) is 0 Å². The summed E-state index contributed by atoms with van der Waals surface area (Å²) >= 11 is 0. The zero-order chi connectivity index (χ0) is 15.0. The highest BCUT2D eigenvalue weighted by Crippen LogP contribution is 2.34. The van der Waals surface area contributed by atoms with Crippen LogP contribution in [0.3, 0.4) is 0 Å². The summed E-state index contributed by atoms with van der Waals surface area (Å²) in [5.74, 6) is -0.895. The van der Waals surface area contributed by atoms with E-state index in [4.69, 9.17) is 0 Å². The lowest BCUT2D eigenvalue weighted by Gasteiger charge is -2.30. The van der Waals surface area contributed by atoms with Gasteiger partial charge in [0.2, 0.25) is 0 Å². The fourth-order valence-electron chi connectivity index (χ4n) is 2.77. The molecule has 2 unspecified atom stereocenters. The second kappa shape index (κ2) is 5.25. The maximum atomic E-state index is 13.1. The first-order valence-electron chi connectivity index (χ1n) is 6.69. The van der Waals surface area contributed by atoms with Crippen LogP contribution in [0.2, 0.25) is 0 Å². The van der Waals surface area contributed by atoms with E-state index >= 15 is 0 Å². The first-order valence-corrected chi connectivity index (χ1v) is 6.69. The highest BCUT2D eigenvalue weighted by Gasteiger charge is 2.38. The third kappa shape index (κ3) is 2.85. The lowest BCUT2D eigenvalue weighted by molar-refractivity contribution is -0.138. The van der Waals surface area contributed by atoms with Crippen LogP contribution in [0.5, 0.6) is 0 Å². The molecule has 0 aromatic heterocycles. The number of alkyl halides is 3. The first-order chi connectivity index (χ1) is 9.95. The van der Waals surface area contributed by atoms with Crippen LogP contribution in [0.4, 0.5) is 17.6 Å². The third-order valence-electron chi connectivity index (χ3n) is 3.82. The van der Waals surface area contributed by atoms with Crippen LogP contribution < -0.4 is 5.32 Å². The quantitative estimate of drug-likeness (QED) is 0.853. The van der Waals surface area contributed by atoms with Crippen molar-refractivity contribution in [3.63, 3.8) is 0 Å². The zero-order valence-corrected chi connectivity index (χ0v) is 11.1. The van der Waals surface area contributed by atoms with Crippen molar-refractivity contribution in [2.24, 2.45) is 10.3 Å². The Morgan fingerprint density at radius 3 is 2.90 bits per heavy atom. The molecule has 0 amide bonds. The Bertz CT molecular complexity index is 558. The highest BCUT2D eigenvalue weighted by molar-refractivity contribution is 5.30. The monoisotopic (exact) mass is 302 g/mol. The van der Waals surface area contributed by atoms with Gasteiger partial charge >= 0.3 is 6.18 Å². The molecule has 2 aliphatic rings. The number of nitrogens with zero attached hydrogens (tertiary/aromatic N) is 3. The van der Waals surface area contributed by atoms with E-state index in [0.29, 0.717) is 12.6 Å². The number of nitrogens with one attached hydrogen (secondary N) is 1. The largest absolute Gasteiger partial charge is 0.416 e. The van der Waals surface area contributed by atoms with Crippen molar-refractivity contribution >= 4 is 0 Å². The van der Waals surface area contributed by atoms with Gasteiger partial charge in [0.25, 0.3) is 0 Å². The maximum Gasteiger partial charge on any atom is 0.416 e. The van der Waals surface area contributed by atoms with Crippen LogP contribution in [0, 0.1) is 5.82 Å². The smallest absolute Gasteiger partial charge is 0.314 e. The summed E-state index contributed by atoms with van der Waals surface area (Å²) in [5, 5.41) is 12.8. The van der Waals surface area contributed by atoms with Gasteiger partial charge in [-0.25, -0.2) is 4.39 Å². The minimum absolute atomic E-state index is 0.0115. The fraction of sp³-hybridized carbons (Fsp3) is 0.538. The number of piperidine rings is 1. The third-order valence-corrected chi connectivity index (χ3v) is 3.82. The Morgan fingerprint density at radius 1 is 1.33 bits per heavy atom. The van der Waals surface area contributed by atoms with Crippen LogP contribution in [-0.2, 0) is 12.7 Å². The van der Waals surface area contributed by atoms with E-state index < -0.39 is 17.6 Å². The second-order valence-corrected chi connectivity index (χ2v) is 5.23. The lowest BCUT2D eigenvalue weighted by atomic mass is 10.00. The molecule has 4 nitrogen and oxygen atoms in total. The normalized spacial score (nSPS) is 25.2. The molecule has 0 bridgehead atoms. The predicted molar refractivity (Wildman–Crippen MR) is 66.9 cm³/mol. The SMILES string of the molecule is Fc1ccc(CN2N=NC3CNCCC32)c(C(F)(F)F)c1. The summed E-state index contributed by atoms with van der Waals surface area (Å²) in [6, 6.07) is 2.73. The topological polar surface area (TPSA) is 40.0 Å². The summed E-state index contributed by atoms with van der Waals surface area (Å²) < 4.78 is 52.1. The van der Waals surface area contributed by atoms with Gasteiger partial charge in [0.1, 0.15) is 11.9 Å². The van der Waals surface area contributed by atoms with Crippen LogP contribution in [-0.4, -0.2) is 30.2 Å². The van der Waals surface area contributed by atoms with Gasteiger partial charge in [-0.3, -0.25) is 5.01 Å². The molecule has 0 spiro atoms. The molecular weight excluding hydrogens is 288 g/mol. The van der Waals surface area contributed by atoms with Crippen LogP contribution in [0.1, 0.15) is 17.5 Å². The van der Waals surface area contributed by atoms with Gasteiger partial charge in [-0.15, -0.1) is 0 Å². The summed E-state index contributed by atoms with van der Waals surface area (Å²) in [7, 11) is 0. The summed E-state index contributed by atoms with van der Waals surface area (Å²) in [5.41, 5.74) is -0.933. The Balaban J connectivity index is 1.84. The molecule has 0 radical (unpaired) electrons. The minimum atomic E-state index is -4.58. The number of rotatable bonds is 2. The van der Waals surface area contributed by atoms with Crippen LogP contribution in [0.15, 0.2) is 28.5 Å². The molecule has 1 N–H and O–H groups in total. The number of benzene rings is 1. The van der Waals surface area contributed by atoms with Gasteiger partial charge in [0, 0.05) is 6.54 Å². The van der Waals surface area contributed by atoms with E-state index in [9.17, 15) is 17.6 Å². The molecular formula is C13H14F4N4. The fourth-order valence-corrected chi connectivity index (χ4v) is 2.77. The zero-order valence-electron chi connectivity index (χ0n) is 11.1. The van der Waals surface area contributed by atoms with Gasteiger partial charge in [-0.2, -0.15) is 18.3 Å². The van der Waals surface area contributed by atoms with E-state index in [2.05, 4.69) is 15.7 Å². The molecule has 0 aliphatic carbocycles. The number of hydrogen-bond donors (Lipinski definition) is 1. The highest BCUT2D eigenvalue weighted by atomic mass is 19.4. The molecule has 114 valence electrons. The molecule has 3 rings (SSSR count). The molecule has 1 fully saturated rings. The number of hydrogen-bond acceptors (Lipinski definition) is 4. The average molecular weight is 302 g/mol. The van der Waals surface area contributed by atoms with Gasteiger partial charge in [0.05, 0.1) is 18.2 Å². The van der Waals surface area contributed by atoms with Crippen LogP contribution >= 0.6 is 0 Å². The van der Waals surface area contributed by atoms with Crippen molar-refractivity contribution in [3.05, 3.63) is 35.1 Å². The van der Waals surface area contributed by atoms with E-state index in [1.54, 1.807) is 5.01 Å². The lowest BCUT2D eigenvalue weighted by Crippen LogP contribution is -2.46. The summed E-state index contributed by atoms with van der Waals surface area (Å²) in [4.78, 5) is 0. The molecule has 1 saturated heterocycles. The molecule has 2 heterocycles. The van der Waals surface area contributed by atoms with Crippen molar-refractivity contribution in [2.45, 2.75) is 31.2 Å². The van der Waals surface area contributed by atoms with E-state index in [1.807, 2.05) is 0 Å². The van der Waals surface area contributed by atoms with Gasteiger partial charge in [-0.05, 0) is 30.7 Å². The molecule has 2 atom stereocenters. The Kier molecular flexibility index (Phi) is 3.56. The molecule has 0 saturated carbocycles. The van der Waals surface area contributed by atoms with E-state index in [0.717, 1.165) is 19.0 Å². The first kappa shape index (κ1) is 14.2. The predicted octanol–water partition coefficient (Wildman–Crippen LogP) is 2.76. The Morgan fingerprint density at radius 2 is 2.14 bits per heavy atom. The number of fused-ring (bicyclic) bond motifs is 1. The van der Waals surface area contributed by atoms with Crippen LogP contribution in [0.25, 0.3) is 0 Å². The van der Waals surface area contributed by atoms with Gasteiger partial charge in [0.15, 0.2) is 0 Å². The van der Waals surface area contributed by atoms with Gasteiger partial charge < -0.3 is 5.32 Å². The number of halogens is 4. The standard InChI is InChI=1S/C13H14F4N4/c14-9-2-1-8(10(5-9)13(15,16)17)7-21-12-3-4-18-6-11(12)19-20-21/h1-2,5,11-12,18H,3-4,6-7H2. The average Bonchev–Trinajstić information content (AvgIpc) is 2.83. The Hall–Kier alpha value is -1.70. The Labute approximate surface area is 118 Å². The summed E-state index contributed by atoms with van der Waals surface area (Å²) in [6.45, 7) is 1.46. The van der Waals surface area contributed by atoms with Crippen molar-refractivity contribution in [1.29, 1.82) is 0 Å². The van der Waals surface area contributed by atoms with Crippen molar-refractivity contribution in [2.75, 3.05) is 13.1 Å². The maximum absolute atomic E-state index is 13.1. The van der Waals surface area contributed by atoms with Crippen molar-refractivity contribution in [1.82, 2.24) is 10.3 Å². The van der Waals surface area contributed by atoms with E-state index in [-0.39, 0.29) is 24.2 Å². The molecule has 2 aliphatic heterocycles. The molecule has 21 heavy (non-hydrogen) atoms. The minimum Gasteiger partial charge on any atom is -0.314 e. The van der Waals surface area contributed by atoms with Gasteiger partial charge in [-0.1, -0.05) is 11.3 Å². The summed E-state index contributed by atoms with van der Waals surface area (Å²) in [6.07, 6.45) is -3.80. The molecule has 8 heteroatoms.